The van der Waals surface area contributed by atoms with Gasteiger partial charge in [-0.1, -0.05) is 20.4 Å². The van der Waals surface area contributed by atoms with Gasteiger partial charge in [-0.25, -0.2) is 8.42 Å². The van der Waals surface area contributed by atoms with Gasteiger partial charge in [-0.15, -0.1) is 0 Å². The summed E-state index contributed by atoms with van der Waals surface area (Å²) in [6.45, 7) is 9.77. The molecule has 5 heteroatoms. The lowest BCUT2D eigenvalue weighted by atomic mass is 10.2. The average Bonchev–Trinajstić information content (AvgIpc) is 2.56. The van der Waals surface area contributed by atoms with E-state index in [0.29, 0.717) is 17.5 Å². The van der Waals surface area contributed by atoms with Crippen LogP contribution < -0.4 is 5.32 Å². The third-order valence-corrected chi connectivity index (χ3v) is 4.82. The van der Waals surface area contributed by atoms with Crippen molar-refractivity contribution in [3.63, 3.8) is 0 Å². The summed E-state index contributed by atoms with van der Waals surface area (Å²) in [7, 11) is -0.811. The second-order valence-corrected chi connectivity index (χ2v) is 7.49. The molecule has 1 unspecified atom stereocenters. The van der Waals surface area contributed by atoms with Crippen LogP contribution in [-0.2, 0) is 9.84 Å². The minimum absolute atomic E-state index is 0.163. The highest BCUT2D eigenvalue weighted by atomic mass is 32.2. The van der Waals surface area contributed by atoms with Crippen molar-refractivity contribution in [2.24, 2.45) is 0 Å². The largest absolute Gasteiger partial charge is 0.311 e. The zero-order chi connectivity index (χ0) is 13.1. The molecule has 100 valence electrons. The topological polar surface area (TPSA) is 49.4 Å². The maximum absolute atomic E-state index is 11.4. The molecule has 1 aliphatic heterocycles. The number of nitrogens with zero attached hydrogens (tertiary/aromatic N) is 1. The Labute approximate surface area is 105 Å². The van der Waals surface area contributed by atoms with Crippen LogP contribution in [0.5, 0.6) is 0 Å². The number of nitrogens with one attached hydrogen (secondary N) is 1. The van der Waals surface area contributed by atoms with Crippen molar-refractivity contribution < 1.29 is 8.42 Å². The van der Waals surface area contributed by atoms with E-state index in [1.54, 1.807) is 0 Å². The summed E-state index contributed by atoms with van der Waals surface area (Å²) in [6.07, 6.45) is 0.754. The van der Waals surface area contributed by atoms with E-state index in [4.69, 9.17) is 0 Å². The smallest absolute Gasteiger partial charge is 0.151 e. The fourth-order valence-corrected chi connectivity index (χ4v) is 3.81. The lowest BCUT2D eigenvalue weighted by Crippen LogP contribution is -2.36. The SMILES string of the molecule is C=C(CNC(C)C)CN(C)C1CCS(=O)(=O)C1. The van der Waals surface area contributed by atoms with Crippen molar-refractivity contribution in [3.8, 4) is 0 Å². The molecular formula is C12H24N2O2S. The molecule has 0 amide bonds. The zero-order valence-corrected chi connectivity index (χ0v) is 11.9. The molecule has 0 aromatic carbocycles. The van der Waals surface area contributed by atoms with E-state index in [-0.39, 0.29) is 6.04 Å². The van der Waals surface area contributed by atoms with E-state index >= 15 is 0 Å². The molecule has 0 saturated carbocycles. The van der Waals surface area contributed by atoms with Gasteiger partial charge < -0.3 is 5.32 Å². The van der Waals surface area contributed by atoms with Gasteiger partial charge in [0.2, 0.25) is 0 Å². The van der Waals surface area contributed by atoms with Crippen molar-refractivity contribution in [1.82, 2.24) is 10.2 Å². The van der Waals surface area contributed by atoms with Gasteiger partial charge in [0, 0.05) is 25.2 Å². The third kappa shape index (κ3) is 5.19. The average molecular weight is 260 g/mol. The molecule has 0 aromatic heterocycles. The van der Waals surface area contributed by atoms with Crippen LogP contribution >= 0.6 is 0 Å². The first-order valence-electron chi connectivity index (χ1n) is 6.11. The van der Waals surface area contributed by atoms with Crippen molar-refractivity contribution in [2.45, 2.75) is 32.4 Å². The highest BCUT2D eigenvalue weighted by molar-refractivity contribution is 7.91. The lowest BCUT2D eigenvalue weighted by molar-refractivity contribution is 0.281. The lowest BCUT2D eigenvalue weighted by Gasteiger charge is -2.24. The molecule has 1 N–H and O–H groups in total. The summed E-state index contributed by atoms with van der Waals surface area (Å²) in [5.41, 5.74) is 1.10. The summed E-state index contributed by atoms with van der Waals surface area (Å²) >= 11 is 0. The molecule has 17 heavy (non-hydrogen) atoms. The van der Waals surface area contributed by atoms with Gasteiger partial charge in [0.05, 0.1) is 11.5 Å². The molecular weight excluding hydrogens is 236 g/mol. The summed E-state index contributed by atoms with van der Waals surface area (Å²) in [5, 5.41) is 3.31. The summed E-state index contributed by atoms with van der Waals surface area (Å²) < 4.78 is 22.8. The number of rotatable bonds is 6. The zero-order valence-electron chi connectivity index (χ0n) is 11.1. The summed E-state index contributed by atoms with van der Waals surface area (Å²) in [4.78, 5) is 2.11. The predicted molar refractivity (Wildman–Crippen MR) is 72.0 cm³/mol. The molecule has 1 rings (SSSR count). The Morgan fingerprint density at radius 3 is 2.65 bits per heavy atom. The van der Waals surface area contributed by atoms with Crippen LogP contribution in [0.3, 0.4) is 0 Å². The van der Waals surface area contributed by atoms with Crippen molar-refractivity contribution >= 4 is 9.84 Å². The number of hydrogen-bond acceptors (Lipinski definition) is 4. The molecule has 1 fully saturated rings. The molecule has 4 nitrogen and oxygen atoms in total. The monoisotopic (exact) mass is 260 g/mol. The van der Waals surface area contributed by atoms with Gasteiger partial charge in [0.15, 0.2) is 9.84 Å². The third-order valence-electron chi connectivity index (χ3n) is 3.07. The molecule has 1 saturated heterocycles. The van der Waals surface area contributed by atoms with Crippen LogP contribution in [0.2, 0.25) is 0 Å². The second kappa shape index (κ2) is 5.98. The van der Waals surface area contributed by atoms with Crippen LogP contribution in [0.1, 0.15) is 20.3 Å². The molecule has 0 spiro atoms. The Balaban J connectivity index is 2.34. The fourth-order valence-electron chi connectivity index (χ4n) is 2.01. The van der Waals surface area contributed by atoms with Crippen LogP contribution in [-0.4, -0.2) is 57.0 Å². The van der Waals surface area contributed by atoms with Gasteiger partial charge in [0.1, 0.15) is 0 Å². The maximum atomic E-state index is 11.4. The summed E-state index contributed by atoms with van der Waals surface area (Å²) in [5.74, 6) is 0.632. The van der Waals surface area contributed by atoms with Gasteiger partial charge in [-0.3, -0.25) is 4.90 Å². The molecule has 0 aliphatic carbocycles. The van der Waals surface area contributed by atoms with Crippen LogP contribution in [0.4, 0.5) is 0 Å². The van der Waals surface area contributed by atoms with Crippen molar-refractivity contribution in [2.75, 3.05) is 31.6 Å². The predicted octanol–water partition coefficient (Wildman–Crippen LogP) is 0.660. The normalized spacial score (nSPS) is 23.5. The first-order chi connectivity index (χ1) is 7.80. The minimum atomic E-state index is -2.79. The van der Waals surface area contributed by atoms with Gasteiger partial charge in [0.25, 0.3) is 0 Å². The van der Waals surface area contributed by atoms with Crippen LogP contribution in [0.25, 0.3) is 0 Å². The van der Waals surface area contributed by atoms with Gasteiger partial charge in [-0.05, 0) is 19.0 Å². The highest BCUT2D eigenvalue weighted by Gasteiger charge is 2.30. The highest BCUT2D eigenvalue weighted by Crippen LogP contribution is 2.16. The Bertz CT molecular complexity index is 363. The van der Waals surface area contributed by atoms with Gasteiger partial charge in [-0.2, -0.15) is 0 Å². The minimum Gasteiger partial charge on any atom is -0.311 e. The Morgan fingerprint density at radius 2 is 2.18 bits per heavy atom. The number of sulfone groups is 1. The van der Waals surface area contributed by atoms with E-state index in [1.807, 2.05) is 7.05 Å². The van der Waals surface area contributed by atoms with E-state index in [9.17, 15) is 8.42 Å². The molecule has 0 aromatic rings. The Hall–Kier alpha value is -0.390. The van der Waals surface area contributed by atoms with E-state index in [2.05, 4.69) is 30.6 Å². The van der Waals surface area contributed by atoms with E-state index < -0.39 is 9.84 Å². The molecule has 0 bridgehead atoms. The standard InChI is InChI=1S/C12H24N2O2S/c1-10(2)13-7-11(3)8-14(4)12-5-6-17(15,16)9-12/h10,12-13H,3,5-9H2,1-2,4H3. The van der Waals surface area contributed by atoms with E-state index in [1.165, 1.54) is 0 Å². The van der Waals surface area contributed by atoms with E-state index in [0.717, 1.165) is 25.1 Å². The maximum Gasteiger partial charge on any atom is 0.151 e. The fraction of sp³-hybridized carbons (Fsp3) is 0.833. The quantitative estimate of drug-likeness (QED) is 0.713. The van der Waals surface area contributed by atoms with Crippen LogP contribution in [0.15, 0.2) is 12.2 Å². The number of likely N-dealkylation sites (N-methyl/N-ethyl adjacent to an activating group) is 1. The first kappa shape index (κ1) is 14.7. The molecule has 1 aliphatic rings. The molecule has 0 radical (unpaired) electrons. The van der Waals surface area contributed by atoms with Crippen molar-refractivity contribution in [3.05, 3.63) is 12.2 Å². The van der Waals surface area contributed by atoms with Gasteiger partial charge >= 0.3 is 0 Å². The number of hydrogen-bond donors (Lipinski definition) is 1. The molecule has 1 atom stereocenters. The van der Waals surface area contributed by atoms with Crippen molar-refractivity contribution in [1.29, 1.82) is 0 Å². The summed E-state index contributed by atoms with van der Waals surface area (Å²) in [6, 6.07) is 0.611. The first-order valence-corrected chi connectivity index (χ1v) is 7.93. The Morgan fingerprint density at radius 1 is 1.53 bits per heavy atom. The molecule has 1 heterocycles. The van der Waals surface area contributed by atoms with Crippen LogP contribution in [0, 0.1) is 0 Å². The second-order valence-electron chi connectivity index (χ2n) is 5.26. The Kier molecular flexibility index (Phi) is 5.16.